The second-order valence-corrected chi connectivity index (χ2v) is 13.6. The summed E-state index contributed by atoms with van der Waals surface area (Å²) in [6.07, 6.45) is 8.20. The van der Waals surface area contributed by atoms with Crippen LogP contribution in [0.2, 0.25) is 0 Å². The van der Waals surface area contributed by atoms with Gasteiger partial charge in [0.15, 0.2) is 34.9 Å². The molecule has 1 aromatic heterocycles. The van der Waals surface area contributed by atoms with Crippen molar-refractivity contribution < 1.29 is 49.0 Å². The van der Waals surface area contributed by atoms with Crippen LogP contribution in [0.4, 0.5) is 35.1 Å². The van der Waals surface area contributed by atoms with E-state index in [0.29, 0.717) is 25.7 Å². The van der Waals surface area contributed by atoms with Crippen molar-refractivity contribution >= 4 is 5.57 Å². The summed E-state index contributed by atoms with van der Waals surface area (Å²) >= 11 is 0. The normalized spacial score (nSPS) is 13.6. The molecule has 3 aromatic carbocycles. The highest BCUT2D eigenvalue weighted by molar-refractivity contribution is 5.69. The molecular formula is C40H40F8N2O3. The maximum absolute atomic E-state index is 15.4. The van der Waals surface area contributed by atoms with Crippen LogP contribution in [0.5, 0.6) is 11.5 Å². The van der Waals surface area contributed by atoms with E-state index in [0.717, 1.165) is 29.7 Å². The highest BCUT2D eigenvalue weighted by Crippen LogP contribution is 2.43. The zero-order chi connectivity index (χ0) is 38.8. The molecule has 13 heteroatoms. The van der Waals surface area contributed by atoms with Gasteiger partial charge in [0.1, 0.15) is 22.5 Å². The van der Waals surface area contributed by atoms with Crippen LogP contribution in [0.1, 0.15) is 104 Å². The van der Waals surface area contributed by atoms with Gasteiger partial charge < -0.3 is 13.9 Å². The molecule has 5 nitrogen and oxygen atoms in total. The molecule has 53 heavy (non-hydrogen) atoms. The van der Waals surface area contributed by atoms with Crippen LogP contribution in [-0.4, -0.2) is 15.8 Å². The number of hydrogen-bond acceptors (Lipinski definition) is 5. The Labute approximate surface area is 302 Å². The Morgan fingerprint density at radius 3 is 1.57 bits per heavy atom. The van der Waals surface area contributed by atoms with E-state index >= 15 is 35.1 Å². The van der Waals surface area contributed by atoms with Gasteiger partial charge in [-0.1, -0.05) is 65.7 Å². The molecule has 5 rings (SSSR count). The largest absolute Gasteiger partial charge is 0.492 e. The van der Waals surface area contributed by atoms with Crippen molar-refractivity contribution in [2.75, 3.05) is 0 Å². The second-order valence-electron chi connectivity index (χ2n) is 13.6. The van der Waals surface area contributed by atoms with Crippen molar-refractivity contribution in [2.45, 2.75) is 104 Å². The molecule has 0 radical (unpaired) electrons. The number of halogens is 8. The Balaban J connectivity index is 1.42. The molecule has 0 saturated heterocycles. The summed E-state index contributed by atoms with van der Waals surface area (Å²) < 4.78 is 139. The van der Waals surface area contributed by atoms with Crippen LogP contribution in [0.25, 0.3) is 28.5 Å². The lowest BCUT2D eigenvalue weighted by molar-refractivity contribution is 0.00700. The molecule has 0 unspecified atom stereocenters. The smallest absolute Gasteiger partial charge is 0.254 e. The van der Waals surface area contributed by atoms with Crippen LogP contribution in [-0.2, 0) is 10.2 Å². The molecule has 4 aromatic rings. The van der Waals surface area contributed by atoms with Crippen LogP contribution in [0.15, 0.2) is 46.6 Å². The van der Waals surface area contributed by atoms with Gasteiger partial charge in [0.05, 0.1) is 5.76 Å². The third-order valence-electron chi connectivity index (χ3n) is 9.98. The average Bonchev–Trinajstić information content (AvgIpc) is 3.61. The number of benzene rings is 3. The van der Waals surface area contributed by atoms with Gasteiger partial charge in [-0.3, -0.25) is 0 Å². The molecule has 1 aliphatic rings. The van der Waals surface area contributed by atoms with Gasteiger partial charge in [0.25, 0.3) is 11.8 Å². The molecule has 1 heterocycles. The molecule has 0 saturated carbocycles. The van der Waals surface area contributed by atoms with Gasteiger partial charge in [0.2, 0.25) is 17.4 Å². The number of hydrogen-bond donors (Lipinski definition) is 0. The van der Waals surface area contributed by atoms with Gasteiger partial charge >= 0.3 is 0 Å². The molecule has 1 aliphatic carbocycles. The van der Waals surface area contributed by atoms with E-state index in [4.69, 9.17) is 13.9 Å². The standard InChI is InChI=1S/C40H40F8N2O3/c1-7-19-39(5,20-8-2)27-32(45)28(41)25(29(42)33(27)46)37-49-50-38(52-37)26-30(43)34(47)36(35(48)31(26)44)51-23-15-11-21(12-16-23)22-13-17-24(18-14-22)53-40(6,9-3)10-4/h11-13,15-17H,7-10,14,18-20H2,1-6H3. The van der Waals surface area contributed by atoms with E-state index < -0.39 is 86.2 Å². The summed E-state index contributed by atoms with van der Waals surface area (Å²) in [5, 5.41) is 6.55. The van der Waals surface area contributed by atoms with E-state index in [2.05, 4.69) is 31.0 Å². The van der Waals surface area contributed by atoms with E-state index in [1.807, 2.05) is 12.2 Å². The first-order valence-corrected chi connectivity index (χ1v) is 17.6. The average molecular weight is 749 g/mol. The molecule has 0 amide bonds. The summed E-state index contributed by atoms with van der Waals surface area (Å²) in [6, 6.07) is 5.96. The molecular weight excluding hydrogens is 708 g/mol. The maximum atomic E-state index is 15.4. The lowest BCUT2D eigenvalue weighted by Gasteiger charge is -2.31. The number of nitrogens with zero attached hydrogens (tertiary/aromatic N) is 2. The minimum Gasteiger partial charge on any atom is -0.492 e. The Kier molecular flexibility index (Phi) is 11.7. The van der Waals surface area contributed by atoms with E-state index in [1.165, 1.54) is 19.1 Å². The lowest BCUT2D eigenvalue weighted by atomic mass is 9.74. The van der Waals surface area contributed by atoms with Gasteiger partial charge in [-0.05, 0) is 73.8 Å². The van der Waals surface area contributed by atoms with Crippen molar-refractivity contribution in [3.05, 3.63) is 99.8 Å². The fourth-order valence-electron chi connectivity index (χ4n) is 6.65. The number of allylic oxidation sites excluding steroid dienone is 4. The SMILES string of the molecule is CCCC(C)(CCC)c1c(F)c(F)c(-c2nnc(-c3c(F)c(F)c(Oc4ccc(C5=CC=C(OC(C)(CC)CC)CC5)cc4)c(F)c3F)o2)c(F)c1F. The number of rotatable bonds is 14. The van der Waals surface area contributed by atoms with E-state index in [1.54, 1.807) is 26.0 Å². The first kappa shape index (κ1) is 39.5. The fourth-order valence-corrected chi connectivity index (χ4v) is 6.65. The molecule has 0 atom stereocenters. The highest BCUT2D eigenvalue weighted by Gasteiger charge is 2.39. The van der Waals surface area contributed by atoms with Crippen molar-refractivity contribution in [3.63, 3.8) is 0 Å². The molecule has 0 fully saturated rings. The predicted octanol–water partition coefficient (Wildman–Crippen LogP) is 12.8. The maximum Gasteiger partial charge on any atom is 0.254 e. The molecule has 0 bridgehead atoms. The zero-order valence-electron chi connectivity index (χ0n) is 30.3. The van der Waals surface area contributed by atoms with Gasteiger partial charge in [-0.15, -0.1) is 10.2 Å². The van der Waals surface area contributed by atoms with Gasteiger partial charge in [0, 0.05) is 12.0 Å². The first-order chi connectivity index (χ1) is 25.1. The predicted molar refractivity (Wildman–Crippen MR) is 184 cm³/mol. The Morgan fingerprint density at radius 2 is 1.13 bits per heavy atom. The molecule has 0 aliphatic heterocycles. The summed E-state index contributed by atoms with van der Waals surface area (Å²) in [6.45, 7) is 11.2. The highest BCUT2D eigenvalue weighted by atomic mass is 19.2. The monoisotopic (exact) mass is 748 g/mol. The van der Waals surface area contributed by atoms with Crippen molar-refractivity contribution in [2.24, 2.45) is 0 Å². The molecule has 0 spiro atoms. The van der Waals surface area contributed by atoms with Crippen molar-refractivity contribution in [3.8, 4) is 34.4 Å². The zero-order valence-corrected chi connectivity index (χ0v) is 30.3. The third-order valence-corrected chi connectivity index (χ3v) is 9.98. The minimum absolute atomic E-state index is 0.150. The summed E-state index contributed by atoms with van der Waals surface area (Å²) in [7, 11) is 0. The van der Waals surface area contributed by atoms with E-state index in [-0.39, 0.29) is 24.2 Å². The third kappa shape index (κ3) is 7.57. The Morgan fingerprint density at radius 1 is 0.642 bits per heavy atom. The van der Waals surface area contributed by atoms with Crippen LogP contribution < -0.4 is 4.74 Å². The molecule has 0 N–H and O–H groups in total. The minimum atomic E-state index is -2.03. The first-order valence-electron chi connectivity index (χ1n) is 17.6. The van der Waals surface area contributed by atoms with Crippen molar-refractivity contribution in [1.82, 2.24) is 10.2 Å². The summed E-state index contributed by atoms with van der Waals surface area (Å²) in [5.41, 5.74) is -3.57. The van der Waals surface area contributed by atoms with Gasteiger partial charge in [-0.2, -0.15) is 8.78 Å². The topological polar surface area (TPSA) is 57.4 Å². The Bertz CT molecular complexity index is 1990. The van der Waals surface area contributed by atoms with Gasteiger partial charge in [-0.25, -0.2) is 26.3 Å². The number of aromatic nitrogens is 2. The lowest BCUT2D eigenvalue weighted by Crippen LogP contribution is -2.26. The van der Waals surface area contributed by atoms with E-state index in [9.17, 15) is 0 Å². The van der Waals surface area contributed by atoms with Crippen LogP contribution >= 0.6 is 0 Å². The number of ether oxygens (including phenoxy) is 2. The Hall–Kier alpha value is -4.68. The fraction of sp³-hybridized carbons (Fsp3) is 0.400. The molecule has 284 valence electrons. The van der Waals surface area contributed by atoms with Crippen molar-refractivity contribution in [1.29, 1.82) is 0 Å². The van der Waals surface area contributed by atoms with Crippen LogP contribution in [0.3, 0.4) is 0 Å². The summed E-state index contributed by atoms with van der Waals surface area (Å²) in [4.78, 5) is 0. The quantitative estimate of drug-likeness (QED) is 0.0949. The van der Waals surface area contributed by atoms with Crippen LogP contribution in [0, 0.1) is 46.5 Å². The second kappa shape index (κ2) is 15.7. The summed E-state index contributed by atoms with van der Waals surface area (Å²) in [5.74, 6) is -18.4.